The van der Waals surface area contributed by atoms with Crippen molar-refractivity contribution in [2.45, 2.75) is 10.5 Å². The predicted octanol–water partition coefficient (Wildman–Crippen LogP) is 2.39. The lowest BCUT2D eigenvalue weighted by Gasteiger charge is -2.16. The van der Waals surface area contributed by atoms with E-state index in [-0.39, 0.29) is 5.82 Å². The molecule has 1 atom stereocenters. The van der Waals surface area contributed by atoms with E-state index in [0.717, 1.165) is 5.56 Å². The minimum Gasteiger partial charge on any atom is -0.313 e. The van der Waals surface area contributed by atoms with Gasteiger partial charge in [0.1, 0.15) is 5.82 Å². The van der Waals surface area contributed by atoms with Crippen LogP contribution in [0.25, 0.3) is 0 Å². The van der Waals surface area contributed by atoms with Crippen molar-refractivity contribution < 1.29 is 4.39 Å². The molecule has 0 aromatic heterocycles. The Morgan fingerprint density at radius 3 is 2.18 bits per heavy atom. The van der Waals surface area contributed by atoms with Gasteiger partial charge >= 0.3 is 0 Å². The number of benzene rings is 1. The molecule has 0 aliphatic rings. The molecule has 0 aliphatic heterocycles. The van der Waals surface area contributed by atoms with E-state index < -0.39 is 3.55 Å². The van der Waals surface area contributed by atoms with Gasteiger partial charge in [-0.25, -0.2) is 4.39 Å². The molecule has 60 valence electrons. The molecule has 0 unspecified atom stereocenters. The Morgan fingerprint density at radius 1 is 1.36 bits per heavy atom. The molecule has 0 radical (unpaired) electrons. The van der Waals surface area contributed by atoms with Crippen molar-refractivity contribution >= 4 is 22.6 Å². The van der Waals surface area contributed by atoms with Gasteiger partial charge in [0.05, 0.1) is 3.55 Å². The molecule has 0 heterocycles. The summed E-state index contributed by atoms with van der Waals surface area (Å²) >= 11 is 2.11. The summed E-state index contributed by atoms with van der Waals surface area (Å²) in [6.45, 7) is 1.88. The molecule has 2 N–H and O–H groups in total. The SMILES string of the molecule is C[C@](N)(I)c1ccc(F)cc1. The molecule has 1 aromatic carbocycles. The Bertz CT molecular complexity index is 237. The third kappa shape index (κ3) is 2.41. The van der Waals surface area contributed by atoms with E-state index in [2.05, 4.69) is 22.6 Å². The van der Waals surface area contributed by atoms with Gasteiger partial charge in [-0.05, 0) is 24.6 Å². The molecule has 11 heavy (non-hydrogen) atoms. The third-order valence-electron chi connectivity index (χ3n) is 1.41. The first-order valence-electron chi connectivity index (χ1n) is 3.24. The molecule has 1 aromatic rings. The summed E-state index contributed by atoms with van der Waals surface area (Å²) in [5, 5.41) is 0. The average Bonchev–Trinajstić information content (AvgIpc) is 1.86. The molecule has 0 amide bonds. The summed E-state index contributed by atoms with van der Waals surface area (Å²) in [5.74, 6) is -0.227. The zero-order valence-corrected chi connectivity index (χ0v) is 8.30. The fourth-order valence-corrected chi connectivity index (χ4v) is 1.14. The molecule has 1 nitrogen and oxygen atoms in total. The van der Waals surface area contributed by atoms with Crippen LogP contribution in [0.5, 0.6) is 0 Å². The first-order valence-corrected chi connectivity index (χ1v) is 4.32. The highest BCUT2D eigenvalue weighted by atomic mass is 127. The lowest BCUT2D eigenvalue weighted by molar-refractivity contribution is 0.625. The molecule has 0 saturated carbocycles. The lowest BCUT2D eigenvalue weighted by atomic mass is 10.1. The summed E-state index contributed by atoms with van der Waals surface area (Å²) < 4.78 is 12.0. The van der Waals surface area contributed by atoms with Gasteiger partial charge in [-0.2, -0.15) is 0 Å². The van der Waals surface area contributed by atoms with Crippen LogP contribution < -0.4 is 5.73 Å². The van der Waals surface area contributed by atoms with E-state index in [0.29, 0.717) is 0 Å². The van der Waals surface area contributed by atoms with Crippen LogP contribution in [0.4, 0.5) is 4.39 Å². The molecule has 0 bridgehead atoms. The largest absolute Gasteiger partial charge is 0.313 e. The van der Waals surface area contributed by atoms with Crippen LogP contribution in [0.2, 0.25) is 0 Å². The summed E-state index contributed by atoms with van der Waals surface area (Å²) in [6.07, 6.45) is 0. The van der Waals surface area contributed by atoms with Gasteiger partial charge in [0, 0.05) is 0 Å². The minimum atomic E-state index is -0.411. The second kappa shape index (κ2) is 3.06. The number of halogens is 2. The third-order valence-corrected chi connectivity index (χ3v) is 2.03. The topological polar surface area (TPSA) is 26.0 Å². The zero-order valence-electron chi connectivity index (χ0n) is 6.14. The fraction of sp³-hybridized carbons (Fsp3) is 0.250. The van der Waals surface area contributed by atoms with E-state index >= 15 is 0 Å². The average molecular weight is 265 g/mol. The first kappa shape index (κ1) is 8.93. The highest BCUT2D eigenvalue weighted by Gasteiger charge is 2.15. The van der Waals surface area contributed by atoms with Gasteiger partial charge < -0.3 is 5.73 Å². The van der Waals surface area contributed by atoms with Gasteiger partial charge in [-0.15, -0.1) is 0 Å². The quantitative estimate of drug-likeness (QED) is 0.471. The van der Waals surface area contributed by atoms with Gasteiger partial charge in [0.2, 0.25) is 0 Å². The van der Waals surface area contributed by atoms with Crippen LogP contribution in [0, 0.1) is 5.82 Å². The number of hydrogen-bond acceptors (Lipinski definition) is 1. The van der Waals surface area contributed by atoms with Crippen LogP contribution in [-0.2, 0) is 3.55 Å². The van der Waals surface area contributed by atoms with Gasteiger partial charge in [0.15, 0.2) is 0 Å². The van der Waals surface area contributed by atoms with Crippen LogP contribution in [0.1, 0.15) is 12.5 Å². The maximum absolute atomic E-state index is 12.4. The van der Waals surface area contributed by atoms with Gasteiger partial charge in [-0.1, -0.05) is 34.7 Å². The molecule has 0 fully saturated rings. The van der Waals surface area contributed by atoms with Crippen molar-refractivity contribution in [1.82, 2.24) is 0 Å². The Morgan fingerprint density at radius 2 is 1.82 bits per heavy atom. The monoisotopic (exact) mass is 265 g/mol. The van der Waals surface area contributed by atoms with E-state index in [4.69, 9.17) is 5.73 Å². The molecule has 0 saturated heterocycles. The standard InChI is InChI=1S/C8H9FIN/c1-8(10,11)6-2-4-7(9)5-3-6/h2-5H,11H2,1H3/t8-/m1/s1. The highest BCUT2D eigenvalue weighted by Crippen LogP contribution is 2.24. The van der Waals surface area contributed by atoms with Crippen molar-refractivity contribution in [2.75, 3.05) is 0 Å². The van der Waals surface area contributed by atoms with E-state index in [1.165, 1.54) is 12.1 Å². The Kier molecular flexibility index (Phi) is 2.49. The van der Waals surface area contributed by atoms with Crippen molar-refractivity contribution in [3.8, 4) is 0 Å². The number of nitrogens with two attached hydrogens (primary N) is 1. The lowest BCUT2D eigenvalue weighted by Crippen LogP contribution is -2.24. The fourth-order valence-electron chi connectivity index (χ4n) is 0.776. The Balaban J connectivity index is 2.99. The molecule has 0 aliphatic carbocycles. The summed E-state index contributed by atoms with van der Waals surface area (Å²) in [4.78, 5) is 0. The molecule has 0 spiro atoms. The molecular formula is C8H9FIN. The predicted molar refractivity (Wildman–Crippen MR) is 52.0 cm³/mol. The second-order valence-corrected chi connectivity index (χ2v) is 4.82. The van der Waals surface area contributed by atoms with Crippen LogP contribution in [-0.4, -0.2) is 0 Å². The van der Waals surface area contributed by atoms with E-state index in [9.17, 15) is 4.39 Å². The summed E-state index contributed by atoms with van der Waals surface area (Å²) in [5.41, 5.74) is 6.70. The zero-order chi connectivity index (χ0) is 8.48. The smallest absolute Gasteiger partial charge is 0.123 e. The highest BCUT2D eigenvalue weighted by molar-refractivity contribution is 14.1. The van der Waals surface area contributed by atoms with Crippen molar-refractivity contribution in [2.24, 2.45) is 5.73 Å². The number of hydrogen-bond donors (Lipinski definition) is 1. The Hall–Kier alpha value is -0.160. The normalized spacial score (nSPS) is 16.0. The van der Waals surface area contributed by atoms with Crippen molar-refractivity contribution in [3.63, 3.8) is 0 Å². The van der Waals surface area contributed by atoms with Crippen LogP contribution >= 0.6 is 22.6 Å². The first-order chi connectivity index (χ1) is 5.00. The summed E-state index contributed by atoms with van der Waals surface area (Å²) in [7, 11) is 0. The van der Waals surface area contributed by atoms with Crippen LogP contribution in [0.3, 0.4) is 0 Å². The molecule has 1 rings (SSSR count). The molecule has 3 heteroatoms. The van der Waals surface area contributed by atoms with Crippen molar-refractivity contribution in [1.29, 1.82) is 0 Å². The van der Waals surface area contributed by atoms with E-state index in [1.54, 1.807) is 12.1 Å². The summed E-state index contributed by atoms with van der Waals surface area (Å²) in [6, 6.07) is 6.22. The number of rotatable bonds is 1. The van der Waals surface area contributed by atoms with Gasteiger partial charge in [0.25, 0.3) is 0 Å². The van der Waals surface area contributed by atoms with E-state index in [1.807, 2.05) is 6.92 Å². The van der Waals surface area contributed by atoms with Gasteiger partial charge in [-0.3, -0.25) is 0 Å². The second-order valence-electron chi connectivity index (χ2n) is 2.58. The maximum Gasteiger partial charge on any atom is 0.123 e. The Labute approximate surface area is 78.9 Å². The van der Waals surface area contributed by atoms with Crippen molar-refractivity contribution in [3.05, 3.63) is 35.6 Å². The molecular weight excluding hydrogens is 256 g/mol. The minimum absolute atomic E-state index is 0.227. The maximum atomic E-state index is 12.4. The number of alkyl halides is 1. The van der Waals surface area contributed by atoms with Crippen LogP contribution in [0.15, 0.2) is 24.3 Å².